The molecule has 1 unspecified atom stereocenters. The molecular weight excluding hydrogens is 282 g/mol. The van der Waals surface area contributed by atoms with Crippen molar-refractivity contribution in [2.45, 2.75) is 39.2 Å². The molecule has 1 N–H and O–H groups in total. The van der Waals surface area contributed by atoms with E-state index in [0.717, 1.165) is 17.5 Å². The zero-order valence-corrected chi connectivity index (χ0v) is 12.0. The van der Waals surface area contributed by atoms with Crippen molar-refractivity contribution < 1.29 is 9.21 Å². The van der Waals surface area contributed by atoms with Crippen molar-refractivity contribution in [3.63, 3.8) is 0 Å². The van der Waals surface area contributed by atoms with Crippen molar-refractivity contribution in [1.29, 1.82) is 0 Å². The highest BCUT2D eigenvalue weighted by atomic mass is 79.9. The molecule has 17 heavy (non-hydrogen) atoms. The molecule has 1 aromatic heterocycles. The number of hydrogen-bond acceptors (Lipinski definition) is 2. The Morgan fingerprint density at radius 3 is 2.82 bits per heavy atom. The average Bonchev–Trinajstić information content (AvgIpc) is 2.77. The van der Waals surface area contributed by atoms with Gasteiger partial charge in [0.1, 0.15) is 5.76 Å². The number of amides is 1. The van der Waals surface area contributed by atoms with Gasteiger partial charge in [-0.05, 0) is 24.5 Å². The van der Waals surface area contributed by atoms with Gasteiger partial charge in [0, 0.05) is 24.2 Å². The molecule has 0 aliphatic rings. The van der Waals surface area contributed by atoms with Crippen LogP contribution in [-0.2, 0) is 11.2 Å². The third-order valence-electron chi connectivity index (χ3n) is 2.49. The molecule has 0 aliphatic heterocycles. The Kier molecular flexibility index (Phi) is 6.34. The molecule has 0 spiro atoms. The molecule has 0 bridgehead atoms. The number of nitrogens with one attached hydrogen (secondary N) is 1. The SMILES string of the molecule is CC(C)CC(CBr)NC(=O)CCc1ccco1. The van der Waals surface area contributed by atoms with E-state index in [1.165, 1.54) is 0 Å². The van der Waals surface area contributed by atoms with E-state index in [-0.39, 0.29) is 11.9 Å². The van der Waals surface area contributed by atoms with Crippen LogP contribution >= 0.6 is 15.9 Å². The summed E-state index contributed by atoms with van der Waals surface area (Å²) in [6.45, 7) is 4.31. The minimum atomic E-state index is 0.0894. The number of carbonyl (C=O) groups excluding carboxylic acids is 1. The van der Waals surface area contributed by atoms with Crippen LogP contribution in [0.5, 0.6) is 0 Å². The molecule has 3 nitrogen and oxygen atoms in total. The zero-order chi connectivity index (χ0) is 12.7. The normalized spacial score (nSPS) is 12.7. The number of rotatable bonds is 7. The lowest BCUT2D eigenvalue weighted by Gasteiger charge is -2.18. The van der Waals surface area contributed by atoms with Crippen LogP contribution in [-0.4, -0.2) is 17.3 Å². The quantitative estimate of drug-likeness (QED) is 0.786. The molecule has 1 amide bonds. The number of halogens is 1. The summed E-state index contributed by atoms with van der Waals surface area (Å²) in [5, 5.41) is 3.84. The maximum atomic E-state index is 11.7. The predicted octanol–water partition coefficient (Wildman–Crippen LogP) is 3.14. The number of carbonyl (C=O) groups is 1. The van der Waals surface area contributed by atoms with Crippen molar-refractivity contribution in [1.82, 2.24) is 5.32 Å². The van der Waals surface area contributed by atoms with Gasteiger partial charge in [-0.2, -0.15) is 0 Å². The van der Waals surface area contributed by atoms with E-state index in [4.69, 9.17) is 4.42 Å². The van der Waals surface area contributed by atoms with E-state index in [2.05, 4.69) is 35.1 Å². The Labute approximate surface area is 111 Å². The van der Waals surface area contributed by atoms with E-state index in [1.807, 2.05) is 12.1 Å². The Balaban J connectivity index is 2.27. The second-order valence-electron chi connectivity index (χ2n) is 4.63. The second kappa shape index (κ2) is 7.54. The van der Waals surface area contributed by atoms with Crippen molar-refractivity contribution >= 4 is 21.8 Å². The largest absolute Gasteiger partial charge is 0.469 e. The summed E-state index contributed by atoms with van der Waals surface area (Å²) < 4.78 is 5.19. The first-order valence-corrected chi connectivity index (χ1v) is 7.11. The molecule has 0 aliphatic carbocycles. The predicted molar refractivity (Wildman–Crippen MR) is 72.2 cm³/mol. The molecule has 96 valence electrons. The van der Waals surface area contributed by atoms with Crippen LogP contribution in [0.2, 0.25) is 0 Å². The third kappa shape index (κ3) is 5.91. The highest BCUT2D eigenvalue weighted by molar-refractivity contribution is 9.09. The Morgan fingerprint density at radius 2 is 2.29 bits per heavy atom. The van der Waals surface area contributed by atoms with Crippen LogP contribution in [0.25, 0.3) is 0 Å². The summed E-state index contributed by atoms with van der Waals surface area (Å²) in [6, 6.07) is 3.95. The minimum absolute atomic E-state index is 0.0894. The molecule has 1 atom stereocenters. The van der Waals surface area contributed by atoms with Gasteiger partial charge >= 0.3 is 0 Å². The molecular formula is C13H20BrNO2. The Hall–Kier alpha value is -0.770. The van der Waals surface area contributed by atoms with Crippen molar-refractivity contribution in [3.8, 4) is 0 Å². The highest BCUT2D eigenvalue weighted by Gasteiger charge is 2.12. The van der Waals surface area contributed by atoms with Gasteiger partial charge in [-0.3, -0.25) is 4.79 Å². The monoisotopic (exact) mass is 301 g/mol. The van der Waals surface area contributed by atoms with Crippen LogP contribution in [0.1, 0.15) is 32.4 Å². The lowest BCUT2D eigenvalue weighted by atomic mass is 10.1. The molecule has 0 fully saturated rings. The first kappa shape index (κ1) is 14.3. The fraction of sp³-hybridized carbons (Fsp3) is 0.615. The first-order valence-electron chi connectivity index (χ1n) is 5.99. The van der Waals surface area contributed by atoms with E-state index < -0.39 is 0 Å². The molecule has 4 heteroatoms. The van der Waals surface area contributed by atoms with Crippen LogP contribution in [0.4, 0.5) is 0 Å². The highest BCUT2D eigenvalue weighted by Crippen LogP contribution is 2.08. The maximum Gasteiger partial charge on any atom is 0.220 e. The summed E-state index contributed by atoms with van der Waals surface area (Å²) in [4.78, 5) is 11.7. The van der Waals surface area contributed by atoms with Gasteiger partial charge in [0.05, 0.1) is 6.26 Å². The smallest absolute Gasteiger partial charge is 0.220 e. The van der Waals surface area contributed by atoms with Crippen LogP contribution < -0.4 is 5.32 Å². The summed E-state index contributed by atoms with van der Waals surface area (Å²) >= 11 is 3.43. The summed E-state index contributed by atoms with van der Waals surface area (Å²) in [6.07, 6.45) is 3.77. The first-order chi connectivity index (χ1) is 8.11. The standard InChI is InChI=1S/C13H20BrNO2/c1-10(2)8-11(9-14)15-13(16)6-5-12-4-3-7-17-12/h3-4,7,10-11H,5-6,8-9H2,1-2H3,(H,15,16). The van der Waals surface area contributed by atoms with Gasteiger partial charge in [0.2, 0.25) is 5.91 Å². The molecule has 1 heterocycles. The Bertz CT molecular complexity index is 322. The molecule has 1 rings (SSSR count). The summed E-state index contributed by atoms with van der Waals surface area (Å²) in [5.41, 5.74) is 0. The van der Waals surface area contributed by atoms with E-state index >= 15 is 0 Å². The second-order valence-corrected chi connectivity index (χ2v) is 5.28. The van der Waals surface area contributed by atoms with Gasteiger partial charge in [0.15, 0.2) is 0 Å². The zero-order valence-electron chi connectivity index (χ0n) is 10.4. The molecule has 1 aromatic rings. The van der Waals surface area contributed by atoms with Gasteiger partial charge in [-0.1, -0.05) is 29.8 Å². The molecule has 0 saturated carbocycles. The lowest BCUT2D eigenvalue weighted by Crippen LogP contribution is -2.37. The average molecular weight is 302 g/mol. The van der Waals surface area contributed by atoms with Gasteiger partial charge in [-0.15, -0.1) is 0 Å². The van der Waals surface area contributed by atoms with E-state index in [0.29, 0.717) is 18.8 Å². The van der Waals surface area contributed by atoms with Crippen molar-refractivity contribution in [2.24, 2.45) is 5.92 Å². The number of alkyl halides is 1. The minimum Gasteiger partial charge on any atom is -0.469 e. The fourth-order valence-corrected chi connectivity index (χ4v) is 2.15. The number of hydrogen-bond donors (Lipinski definition) is 1. The topological polar surface area (TPSA) is 42.2 Å². The van der Waals surface area contributed by atoms with E-state index in [1.54, 1.807) is 6.26 Å². The molecule has 0 saturated heterocycles. The van der Waals surface area contributed by atoms with Gasteiger partial charge < -0.3 is 9.73 Å². The fourth-order valence-electron chi connectivity index (χ4n) is 1.72. The van der Waals surface area contributed by atoms with Crippen molar-refractivity contribution in [3.05, 3.63) is 24.2 Å². The lowest BCUT2D eigenvalue weighted by molar-refractivity contribution is -0.121. The van der Waals surface area contributed by atoms with Gasteiger partial charge in [0.25, 0.3) is 0 Å². The van der Waals surface area contributed by atoms with Crippen LogP contribution in [0, 0.1) is 5.92 Å². The van der Waals surface area contributed by atoms with E-state index in [9.17, 15) is 4.79 Å². The molecule has 0 radical (unpaired) electrons. The third-order valence-corrected chi connectivity index (χ3v) is 3.27. The van der Waals surface area contributed by atoms with Crippen molar-refractivity contribution in [2.75, 3.05) is 5.33 Å². The van der Waals surface area contributed by atoms with Gasteiger partial charge in [-0.25, -0.2) is 0 Å². The Morgan fingerprint density at radius 1 is 1.53 bits per heavy atom. The maximum absolute atomic E-state index is 11.7. The number of aryl methyl sites for hydroxylation is 1. The summed E-state index contributed by atoms with van der Waals surface area (Å²) in [5.74, 6) is 1.54. The molecule has 0 aromatic carbocycles. The summed E-state index contributed by atoms with van der Waals surface area (Å²) in [7, 11) is 0. The van der Waals surface area contributed by atoms with Crippen LogP contribution in [0.3, 0.4) is 0 Å². The number of furan rings is 1. The van der Waals surface area contributed by atoms with Crippen LogP contribution in [0.15, 0.2) is 22.8 Å².